The summed E-state index contributed by atoms with van der Waals surface area (Å²) in [6.07, 6.45) is 0. The molecule has 0 rings (SSSR count). The molecule has 0 saturated heterocycles. The number of hydrogen-bond donors (Lipinski definition) is 3. The van der Waals surface area contributed by atoms with Crippen molar-refractivity contribution in [2.45, 2.75) is 0 Å². The minimum Gasteiger partial charge on any atom is -0.410 e. The molecule has 13 heavy (non-hydrogen) atoms. The van der Waals surface area contributed by atoms with Crippen LogP contribution >= 0.6 is 24.4 Å². The van der Waals surface area contributed by atoms with Gasteiger partial charge in [0, 0.05) is 6.54 Å². The summed E-state index contributed by atoms with van der Waals surface area (Å²) in [6.45, 7) is 0.948. The predicted octanol–water partition coefficient (Wildman–Crippen LogP) is -1.08. The van der Waals surface area contributed by atoms with E-state index in [9.17, 15) is 0 Å². The Morgan fingerprint density at radius 2 is 1.62 bits per heavy atom. The van der Waals surface area contributed by atoms with Crippen LogP contribution in [0.2, 0.25) is 0 Å². The summed E-state index contributed by atoms with van der Waals surface area (Å²) >= 11 is 18.6. The largest absolute Gasteiger partial charge is 2.00 e. The van der Waals surface area contributed by atoms with E-state index in [1.165, 1.54) is 5.12 Å². The summed E-state index contributed by atoms with van der Waals surface area (Å²) in [6, 6.07) is 0. The van der Waals surface area contributed by atoms with Gasteiger partial charge in [0.1, 0.15) is 0 Å². The van der Waals surface area contributed by atoms with Crippen LogP contribution in [0.3, 0.4) is 0 Å². The number of nitrogens with zero attached hydrogens (tertiary/aromatic N) is 1. The van der Waals surface area contributed by atoms with Crippen molar-refractivity contribution in [3.63, 3.8) is 0 Å². The van der Waals surface area contributed by atoms with E-state index in [0.29, 0.717) is 13.1 Å². The van der Waals surface area contributed by atoms with E-state index in [0.717, 1.165) is 0 Å². The van der Waals surface area contributed by atoms with Crippen LogP contribution in [0, 0.1) is 0 Å². The fourth-order valence-electron chi connectivity index (χ4n) is 0.489. The normalized spacial score (nSPS) is 8.77. The Morgan fingerprint density at radius 3 is 1.85 bits per heavy atom. The van der Waals surface area contributed by atoms with Gasteiger partial charge in [0.2, 0.25) is 0 Å². The molecule has 0 aromatic carbocycles. The number of thiocarbonyl (C=S) groups is 2. The average Bonchev–Trinajstić information content (AvgIpc) is 1.84. The summed E-state index contributed by atoms with van der Waals surface area (Å²) in [5.74, 6) is 0. The first-order chi connectivity index (χ1) is 5.56. The molecular formula is C4H8N4S4Zn. The Kier molecular flexibility index (Phi) is 11.6. The van der Waals surface area contributed by atoms with Gasteiger partial charge < -0.3 is 66.3 Å². The molecule has 0 aromatic rings. The molecular weight excluding hydrogens is 298 g/mol. The third-order valence-corrected chi connectivity index (χ3v) is 1.17. The van der Waals surface area contributed by atoms with Crippen molar-refractivity contribution in [1.29, 1.82) is 0 Å². The molecule has 0 aliphatic heterocycles. The first-order valence-corrected chi connectivity index (χ1v) is 4.62. The van der Waals surface area contributed by atoms with Gasteiger partial charge in [-0.2, -0.15) is 0 Å². The molecule has 4 nitrogen and oxygen atoms in total. The molecule has 0 fully saturated rings. The zero-order chi connectivity index (χ0) is 9.56. The maximum Gasteiger partial charge on any atom is 2.00 e. The van der Waals surface area contributed by atoms with Crippen molar-refractivity contribution in [2.24, 2.45) is 5.73 Å². The van der Waals surface area contributed by atoms with Gasteiger partial charge in [-0.15, -0.1) is 5.12 Å². The van der Waals surface area contributed by atoms with E-state index >= 15 is 0 Å². The molecule has 0 heterocycles. The molecule has 0 amide bonds. The Labute approximate surface area is 112 Å². The monoisotopic (exact) mass is 304 g/mol. The van der Waals surface area contributed by atoms with Crippen molar-refractivity contribution in [1.82, 2.24) is 16.0 Å². The molecule has 0 saturated carbocycles. The third-order valence-electron chi connectivity index (χ3n) is 0.805. The Morgan fingerprint density at radius 1 is 1.23 bits per heavy atom. The summed E-state index contributed by atoms with van der Waals surface area (Å²) in [5, 5.41) is 1.46. The molecule has 70 valence electrons. The van der Waals surface area contributed by atoms with E-state index < -0.39 is 0 Å². The van der Waals surface area contributed by atoms with Crippen molar-refractivity contribution < 1.29 is 19.5 Å². The van der Waals surface area contributed by atoms with Crippen LogP contribution in [0.4, 0.5) is 0 Å². The van der Waals surface area contributed by atoms with Gasteiger partial charge in [0.05, 0.1) is 6.54 Å². The van der Waals surface area contributed by atoms with Gasteiger partial charge in [-0.3, -0.25) is 0 Å². The molecule has 0 aromatic heterocycles. The van der Waals surface area contributed by atoms with E-state index in [2.05, 4.69) is 60.5 Å². The minimum atomic E-state index is 0. The standard InChI is InChI=1S/C4H10N4S4.Zn/c5-1-2-8(6-3(9)10)7-4(11)12;/h1-2,5H2,(H2,6,9,10)(H2,7,11,12);/q;+2/p-2. The summed E-state index contributed by atoms with van der Waals surface area (Å²) in [5.41, 5.74) is 10.6. The topological polar surface area (TPSA) is 53.3 Å². The fraction of sp³-hybridized carbons (Fsp3) is 0.500. The van der Waals surface area contributed by atoms with Crippen LogP contribution in [0.5, 0.6) is 0 Å². The quantitative estimate of drug-likeness (QED) is 0.262. The van der Waals surface area contributed by atoms with Gasteiger partial charge >= 0.3 is 19.5 Å². The van der Waals surface area contributed by atoms with Crippen LogP contribution in [0.15, 0.2) is 0 Å². The van der Waals surface area contributed by atoms with E-state index in [4.69, 9.17) is 5.73 Å². The molecule has 0 aliphatic rings. The molecule has 4 N–H and O–H groups in total. The Bertz CT molecular complexity index is 162. The molecule has 0 spiro atoms. The maximum absolute atomic E-state index is 5.30. The molecule has 9 heteroatoms. The first kappa shape index (κ1) is 16.2. The molecule has 0 aliphatic carbocycles. The molecule has 0 radical (unpaired) electrons. The third kappa shape index (κ3) is 10.7. The number of nitrogens with one attached hydrogen (secondary N) is 2. The second kappa shape index (κ2) is 9.32. The van der Waals surface area contributed by atoms with Crippen molar-refractivity contribution >= 4 is 58.3 Å². The summed E-state index contributed by atoms with van der Waals surface area (Å²) in [4.78, 5) is 0. The molecule has 0 bridgehead atoms. The molecule has 0 unspecified atom stereocenters. The van der Waals surface area contributed by atoms with Crippen LogP contribution in [-0.4, -0.2) is 26.8 Å². The van der Waals surface area contributed by atoms with E-state index in [1.54, 1.807) is 0 Å². The Balaban J connectivity index is 0. The van der Waals surface area contributed by atoms with Gasteiger partial charge in [-0.1, -0.05) is 0 Å². The van der Waals surface area contributed by atoms with Gasteiger partial charge in [0.25, 0.3) is 0 Å². The van der Waals surface area contributed by atoms with Crippen LogP contribution in [0.1, 0.15) is 0 Å². The van der Waals surface area contributed by atoms with Crippen LogP contribution < -0.4 is 16.6 Å². The van der Waals surface area contributed by atoms with Gasteiger partial charge in [-0.05, 0) is 8.64 Å². The fourth-order valence-corrected chi connectivity index (χ4v) is 0.930. The average molecular weight is 306 g/mol. The summed E-state index contributed by atoms with van der Waals surface area (Å²) < 4.78 is 0.421. The second-order valence-corrected chi connectivity index (χ2v) is 3.89. The van der Waals surface area contributed by atoms with Crippen molar-refractivity contribution in [3.05, 3.63) is 0 Å². The van der Waals surface area contributed by atoms with Crippen LogP contribution in [-0.2, 0) is 44.7 Å². The Hall–Kier alpha value is 0.763. The maximum atomic E-state index is 5.30. The van der Waals surface area contributed by atoms with Crippen molar-refractivity contribution in [2.75, 3.05) is 13.1 Å². The van der Waals surface area contributed by atoms with Gasteiger partial charge in [-0.25, -0.2) is 0 Å². The predicted molar refractivity (Wildman–Crippen MR) is 62.0 cm³/mol. The van der Waals surface area contributed by atoms with E-state index in [1.807, 2.05) is 0 Å². The van der Waals surface area contributed by atoms with Crippen LogP contribution in [0.25, 0.3) is 0 Å². The van der Waals surface area contributed by atoms with Crippen molar-refractivity contribution in [3.8, 4) is 0 Å². The number of nitrogens with two attached hydrogens (primary N) is 1. The van der Waals surface area contributed by atoms with E-state index in [-0.39, 0.29) is 28.1 Å². The molecule has 0 atom stereocenters. The second-order valence-electron chi connectivity index (χ2n) is 1.74. The summed E-state index contributed by atoms with van der Waals surface area (Å²) in [7, 11) is 0. The minimum absolute atomic E-state index is 0. The smallest absolute Gasteiger partial charge is 0.410 e. The number of hydrazine groups is 2. The zero-order valence-corrected chi connectivity index (χ0v) is 13.0. The van der Waals surface area contributed by atoms with Gasteiger partial charge in [0.15, 0.2) is 0 Å². The zero-order valence-electron chi connectivity index (χ0n) is 6.78. The SMILES string of the molecule is NCCN(NC(=S)[S-])NC(=S)[S-].[Zn+2]. The number of hydrogen-bond acceptors (Lipinski definition) is 6. The first-order valence-electron chi connectivity index (χ1n) is 2.99. The number of rotatable bonds is 4.